The zero-order valence-electron chi connectivity index (χ0n) is 13.5. The molecular formula is C16H30N2O3. The summed E-state index contributed by atoms with van der Waals surface area (Å²) < 4.78 is 5.10. The van der Waals surface area contributed by atoms with Crippen LogP contribution in [0.3, 0.4) is 0 Å². The molecule has 0 saturated carbocycles. The fourth-order valence-electron chi connectivity index (χ4n) is 2.97. The number of hydrogen-bond donors (Lipinski definition) is 1. The number of ether oxygens (including phenoxy) is 1. The van der Waals surface area contributed by atoms with Gasteiger partial charge in [-0.15, -0.1) is 0 Å². The number of nitrogens with zero attached hydrogens (tertiary/aromatic N) is 1. The molecule has 1 saturated heterocycles. The average molecular weight is 298 g/mol. The number of carbonyl (C=O) groups is 2. The molecule has 1 rings (SSSR count). The lowest BCUT2D eigenvalue weighted by Gasteiger charge is -2.34. The number of piperidine rings is 1. The molecule has 5 heteroatoms. The predicted molar refractivity (Wildman–Crippen MR) is 82.7 cm³/mol. The first kappa shape index (κ1) is 18.0. The standard InChI is InChI=1S/C16H30N2O3/c1-3-13(10-11-17)8-9-15(19)18-12-6-5-7-14(18)16(20)21-4-2/h13-14H,3-12,17H2,1-2H3. The summed E-state index contributed by atoms with van der Waals surface area (Å²) in [5, 5.41) is 0. The first-order valence-electron chi connectivity index (χ1n) is 8.30. The van der Waals surface area contributed by atoms with Crippen molar-refractivity contribution < 1.29 is 14.3 Å². The van der Waals surface area contributed by atoms with Crippen LogP contribution in [0.4, 0.5) is 0 Å². The highest BCUT2D eigenvalue weighted by Gasteiger charge is 2.32. The molecule has 2 N–H and O–H groups in total. The third kappa shape index (κ3) is 5.65. The van der Waals surface area contributed by atoms with Crippen molar-refractivity contribution in [3.63, 3.8) is 0 Å². The summed E-state index contributed by atoms with van der Waals surface area (Å²) in [6.45, 7) is 5.64. The first-order valence-corrected chi connectivity index (χ1v) is 8.30. The van der Waals surface area contributed by atoms with E-state index in [0.717, 1.165) is 38.5 Å². The minimum atomic E-state index is -0.374. The smallest absolute Gasteiger partial charge is 0.328 e. The van der Waals surface area contributed by atoms with Crippen molar-refractivity contribution in [2.75, 3.05) is 19.7 Å². The van der Waals surface area contributed by atoms with E-state index in [4.69, 9.17) is 10.5 Å². The topological polar surface area (TPSA) is 72.6 Å². The van der Waals surface area contributed by atoms with E-state index in [0.29, 0.717) is 32.0 Å². The van der Waals surface area contributed by atoms with Gasteiger partial charge in [0, 0.05) is 13.0 Å². The van der Waals surface area contributed by atoms with E-state index in [2.05, 4.69) is 6.92 Å². The lowest BCUT2D eigenvalue weighted by atomic mass is 9.95. The monoisotopic (exact) mass is 298 g/mol. The molecule has 2 unspecified atom stereocenters. The molecule has 0 radical (unpaired) electrons. The van der Waals surface area contributed by atoms with Crippen LogP contribution >= 0.6 is 0 Å². The molecule has 0 aliphatic carbocycles. The number of rotatable bonds is 8. The van der Waals surface area contributed by atoms with E-state index in [-0.39, 0.29) is 17.9 Å². The molecule has 2 atom stereocenters. The summed E-state index contributed by atoms with van der Waals surface area (Å²) in [5.74, 6) is 0.340. The third-order valence-corrected chi connectivity index (χ3v) is 4.30. The highest BCUT2D eigenvalue weighted by Crippen LogP contribution is 2.21. The Labute approximate surface area is 128 Å². The van der Waals surface area contributed by atoms with Gasteiger partial charge in [0.05, 0.1) is 6.61 Å². The summed E-state index contributed by atoms with van der Waals surface area (Å²) >= 11 is 0. The lowest BCUT2D eigenvalue weighted by molar-refractivity contribution is -0.156. The van der Waals surface area contributed by atoms with E-state index in [9.17, 15) is 9.59 Å². The molecule has 21 heavy (non-hydrogen) atoms. The molecule has 5 nitrogen and oxygen atoms in total. The van der Waals surface area contributed by atoms with Crippen molar-refractivity contribution >= 4 is 11.9 Å². The number of carbonyl (C=O) groups excluding carboxylic acids is 2. The van der Waals surface area contributed by atoms with Crippen LogP contribution in [0.25, 0.3) is 0 Å². The molecule has 1 amide bonds. The second-order valence-electron chi connectivity index (χ2n) is 5.74. The highest BCUT2D eigenvalue weighted by molar-refractivity contribution is 5.84. The minimum absolute atomic E-state index is 0.0863. The SMILES string of the molecule is CCOC(=O)C1CCCCN1C(=O)CCC(CC)CCN. The molecular weight excluding hydrogens is 268 g/mol. The van der Waals surface area contributed by atoms with E-state index < -0.39 is 0 Å². The van der Waals surface area contributed by atoms with Crippen molar-refractivity contribution in [2.45, 2.75) is 64.8 Å². The second-order valence-corrected chi connectivity index (χ2v) is 5.74. The average Bonchev–Trinajstić information content (AvgIpc) is 2.51. The number of likely N-dealkylation sites (tertiary alicyclic amines) is 1. The van der Waals surface area contributed by atoms with Gasteiger partial charge in [0.15, 0.2) is 0 Å². The lowest BCUT2D eigenvalue weighted by Crippen LogP contribution is -2.48. The molecule has 0 aromatic rings. The summed E-state index contributed by atoms with van der Waals surface area (Å²) in [4.78, 5) is 26.1. The Morgan fingerprint density at radius 1 is 1.29 bits per heavy atom. The van der Waals surface area contributed by atoms with Crippen LogP contribution in [0.2, 0.25) is 0 Å². The number of amides is 1. The van der Waals surface area contributed by atoms with Gasteiger partial charge in [-0.05, 0) is 51.5 Å². The Balaban J connectivity index is 2.54. The van der Waals surface area contributed by atoms with E-state index in [1.54, 1.807) is 11.8 Å². The fourth-order valence-corrected chi connectivity index (χ4v) is 2.97. The van der Waals surface area contributed by atoms with Gasteiger partial charge >= 0.3 is 5.97 Å². The normalized spacial score (nSPS) is 20.1. The maximum Gasteiger partial charge on any atom is 0.328 e. The Kier molecular flexibility index (Phi) is 8.35. The Bertz CT molecular complexity index is 333. The van der Waals surface area contributed by atoms with Gasteiger partial charge in [-0.25, -0.2) is 4.79 Å². The van der Waals surface area contributed by atoms with Crippen molar-refractivity contribution in [3.05, 3.63) is 0 Å². The zero-order chi connectivity index (χ0) is 15.7. The number of esters is 1. The molecule has 0 bridgehead atoms. The van der Waals surface area contributed by atoms with E-state index >= 15 is 0 Å². The number of hydrogen-bond acceptors (Lipinski definition) is 4. The quantitative estimate of drug-likeness (QED) is 0.696. The molecule has 1 heterocycles. The highest BCUT2D eigenvalue weighted by atomic mass is 16.5. The molecule has 1 aliphatic heterocycles. The first-order chi connectivity index (χ1) is 10.1. The van der Waals surface area contributed by atoms with Crippen molar-refractivity contribution in [2.24, 2.45) is 11.7 Å². The van der Waals surface area contributed by atoms with Gasteiger partial charge in [0.25, 0.3) is 0 Å². The minimum Gasteiger partial charge on any atom is -0.464 e. The van der Waals surface area contributed by atoms with Crippen LogP contribution in [0.5, 0.6) is 0 Å². The Morgan fingerprint density at radius 3 is 2.67 bits per heavy atom. The molecule has 1 aliphatic rings. The van der Waals surface area contributed by atoms with Crippen LogP contribution in [0.1, 0.15) is 58.8 Å². The van der Waals surface area contributed by atoms with E-state index in [1.807, 2.05) is 0 Å². The van der Waals surface area contributed by atoms with Gasteiger partial charge in [-0.1, -0.05) is 13.3 Å². The summed E-state index contributed by atoms with van der Waals surface area (Å²) in [5.41, 5.74) is 5.59. The molecule has 0 aromatic heterocycles. The summed E-state index contributed by atoms with van der Waals surface area (Å²) in [7, 11) is 0. The van der Waals surface area contributed by atoms with Gasteiger partial charge in [-0.2, -0.15) is 0 Å². The zero-order valence-corrected chi connectivity index (χ0v) is 13.5. The van der Waals surface area contributed by atoms with Gasteiger partial charge < -0.3 is 15.4 Å². The van der Waals surface area contributed by atoms with Crippen molar-refractivity contribution in [1.82, 2.24) is 4.90 Å². The predicted octanol–water partition coefficient (Wildman–Crippen LogP) is 2.09. The van der Waals surface area contributed by atoms with Gasteiger partial charge in [-0.3, -0.25) is 4.79 Å². The maximum absolute atomic E-state index is 12.4. The largest absolute Gasteiger partial charge is 0.464 e. The van der Waals surface area contributed by atoms with Crippen molar-refractivity contribution in [3.8, 4) is 0 Å². The van der Waals surface area contributed by atoms with Crippen LogP contribution in [0.15, 0.2) is 0 Å². The van der Waals surface area contributed by atoms with Crippen LogP contribution in [-0.2, 0) is 14.3 Å². The molecule has 0 spiro atoms. The number of nitrogens with two attached hydrogens (primary N) is 1. The van der Waals surface area contributed by atoms with E-state index in [1.165, 1.54) is 0 Å². The maximum atomic E-state index is 12.4. The summed E-state index contributed by atoms with van der Waals surface area (Å²) in [6.07, 6.45) is 6.06. The Hall–Kier alpha value is -1.10. The fraction of sp³-hybridized carbons (Fsp3) is 0.875. The third-order valence-electron chi connectivity index (χ3n) is 4.30. The second kappa shape index (κ2) is 9.77. The van der Waals surface area contributed by atoms with Crippen LogP contribution < -0.4 is 5.73 Å². The van der Waals surface area contributed by atoms with Gasteiger partial charge in [0.1, 0.15) is 6.04 Å². The molecule has 122 valence electrons. The summed E-state index contributed by atoms with van der Waals surface area (Å²) in [6, 6.07) is -0.374. The van der Waals surface area contributed by atoms with Gasteiger partial charge in [0.2, 0.25) is 5.91 Å². The van der Waals surface area contributed by atoms with Crippen LogP contribution in [-0.4, -0.2) is 42.5 Å². The Morgan fingerprint density at radius 2 is 2.05 bits per heavy atom. The molecule has 1 fully saturated rings. The van der Waals surface area contributed by atoms with Crippen LogP contribution in [0, 0.1) is 5.92 Å². The molecule has 0 aromatic carbocycles. The van der Waals surface area contributed by atoms with Crippen molar-refractivity contribution in [1.29, 1.82) is 0 Å².